The van der Waals surface area contributed by atoms with Crippen molar-refractivity contribution in [1.82, 2.24) is 0 Å². The molecule has 0 aromatic rings. The fourth-order valence-electron chi connectivity index (χ4n) is 0.861. The zero-order chi connectivity index (χ0) is 8.15. The van der Waals surface area contributed by atoms with Crippen LogP contribution in [0.1, 0.15) is 26.7 Å². The van der Waals surface area contributed by atoms with Gasteiger partial charge < -0.3 is 5.73 Å². The van der Waals surface area contributed by atoms with Gasteiger partial charge in [-0.15, -0.1) is 0 Å². The predicted octanol–water partition coefficient (Wildman–Crippen LogP) is 0.477. The highest BCUT2D eigenvalue weighted by Gasteiger charge is 2.18. The van der Waals surface area contributed by atoms with Gasteiger partial charge in [0.25, 0.3) is 5.91 Å². The topological polar surface area (TPSA) is 60.2 Å². The molecule has 3 nitrogen and oxygen atoms in total. The summed E-state index contributed by atoms with van der Waals surface area (Å²) in [5, 5.41) is 0. The monoisotopic (exact) mass is 143 g/mol. The van der Waals surface area contributed by atoms with Gasteiger partial charge in [0.1, 0.15) is 0 Å². The Morgan fingerprint density at radius 1 is 1.30 bits per heavy atom. The summed E-state index contributed by atoms with van der Waals surface area (Å²) in [4.78, 5) is 21.2. The van der Waals surface area contributed by atoms with E-state index in [-0.39, 0.29) is 5.92 Å². The zero-order valence-corrected chi connectivity index (χ0v) is 6.39. The molecule has 0 radical (unpaired) electrons. The minimum atomic E-state index is -0.811. The van der Waals surface area contributed by atoms with Crippen LogP contribution in [0.5, 0.6) is 0 Å². The number of hydrogen-bond donors (Lipinski definition) is 1. The molecule has 0 spiro atoms. The van der Waals surface area contributed by atoms with E-state index in [1.54, 1.807) is 0 Å². The number of hydrogen-bond acceptors (Lipinski definition) is 2. The molecule has 0 aliphatic carbocycles. The second-order valence-electron chi connectivity index (χ2n) is 2.24. The van der Waals surface area contributed by atoms with Crippen LogP contribution < -0.4 is 5.73 Å². The van der Waals surface area contributed by atoms with Crippen molar-refractivity contribution < 1.29 is 9.59 Å². The number of nitrogens with two attached hydrogens (primary N) is 1. The number of Topliss-reactive ketones (excluding diaryl/α,β-unsaturated/α-hetero) is 1. The SMILES string of the molecule is CCC(CC)C(=O)C(N)=O. The fraction of sp³-hybridized carbons (Fsp3) is 0.714. The normalized spacial score (nSPS) is 9.90. The first-order chi connectivity index (χ1) is 4.63. The van der Waals surface area contributed by atoms with Crippen LogP contribution in [0, 0.1) is 5.92 Å². The van der Waals surface area contributed by atoms with Crippen LogP contribution >= 0.6 is 0 Å². The lowest BCUT2D eigenvalue weighted by atomic mass is 9.98. The van der Waals surface area contributed by atoms with Crippen LogP contribution in [0.15, 0.2) is 0 Å². The predicted molar refractivity (Wildman–Crippen MR) is 38.3 cm³/mol. The lowest BCUT2D eigenvalue weighted by Crippen LogP contribution is -2.29. The molecule has 2 N–H and O–H groups in total. The summed E-state index contributed by atoms with van der Waals surface area (Å²) in [6, 6.07) is 0. The Bertz CT molecular complexity index is 139. The minimum Gasteiger partial charge on any atom is -0.363 e. The van der Waals surface area contributed by atoms with E-state index in [0.29, 0.717) is 12.8 Å². The third-order valence-electron chi connectivity index (χ3n) is 1.60. The fourth-order valence-corrected chi connectivity index (χ4v) is 0.861. The second-order valence-corrected chi connectivity index (χ2v) is 2.24. The molecule has 1 amide bonds. The molecule has 0 bridgehead atoms. The van der Waals surface area contributed by atoms with Gasteiger partial charge in [0.05, 0.1) is 0 Å². The highest BCUT2D eigenvalue weighted by Crippen LogP contribution is 2.07. The number of primary amides is 1. The van der Waals surface area contributed by atoms with Crippen LogP contribution in [-0.2, 0) is 9.59 Å². The van der Waals surface area contributed by atoms with E-state index in [1.165, 1.54) is 0 Å². The van der Waals surface area contributed by atoms with Crippen molar-refractivity contribution in [2.24, 2.45) is 11.7 Å². The van der Waals surface area contributed by atoms with E-state index in [4.69, 9.17) is 5.73 Å². The lowest BCUT2D eigenvalue weighted by molar-refractivity contribution is -0.138. The largest absolute Gasteiger partial charge is 0.363 e. The van der Waals surface area contributed by atoms with E-state index >= 15 is 0 Å². The quantitative estimate of drug-likeness (QED) is 0.582. The summed E-state index contributed by atoms with van der Waals surface area (Å²) >= 11 is 0. The first-order valence-electron chi connectivity index (χ1n) is 3.47. The summed E-state index contributed by atoms with van der Waals surface area (Å²) in [5.41, 5.74) is 4.80. The van der Waals surface area contributed by atoms with Gasteiger partial charge in [0.2, 0.25) is 5.78 Å². The number of ketones is 1. The summed E-state index contributed by atoms with van der Waals surface area (Å²) in [5.74, 6) is -1.42. The van der Waals surface area contributed by atoms with Crippen LogP contribution in [-0.4, -0.2) is 11.7 Å². The van der Waals surface area contributed by atoms with Crippen LogP contribution in [0.4, 0.5) is 0 Å². The smallest absolute Gasteiger partial charge is 0.285 e. The number of rotatable bonds is 4. The Balaban J connectivity index is 4.02. The van der Waals surface area contributed by atoms with Crippen LogP contribution in [0.2, 0.25) is 0 Å². The molecule has 0 saturated carbocycles. The van der Waals surface area contributed by atoms with E-state index < -0.39 is 11.7 Å². The first-order valence-corrected chi connectivity index (χ1v) is 3.47. The molecular formula is C7H13NO2. The van der Waals surface area contributed by atoms with E-state index in [9.17, 15) is 9.59 Å². The summed E-state index contributed by atoms with van der Waals surface area (Å²) in [6.07, 6.45) is 1.39. The van der Waals surface area contributed by atoms with Crippen molar-refractivity contribution in [2.75, 3.05) is 0 Å². The Morgan fingerprint density at radius 3 is 1.80 bits per heavy atom. The highest BCUT2D eigenvalue weighted by atomic mass is 16.2. The van der Waals surface area contributed by atoms with Gasteiger partial charge in [0, 0.05) is 5.92 Å². The van der Waals surface area contributed by atoms with Gasteiger partial charge in [-0.05, 0) is 12.8 Å². The average Bonchev–Trinajstić information content (AvgIpc) is 1.90. The van der Waals surface area contributed by atoms with Gasteiger partial charge >= 0.3 is 0 Å². The van der Waals surface area contributed by atoms with Gasteiger partial charge in [-0.25, -0.2) is 0 Å². The van der Waals surface area contributed by atoms with Crippen LogP contribution in [0.25, 0.3) is 0 Å². The Kier molecular flexibility index (Phi) is 3.69. The zero-order valence-electron chi connectivity index (χ0n) is 6.39. The number of carbonyl (C=O) groups excluding carboxylic acids is 2. The first kappa shape index (κ1) is 9.14. The molecule has 0 aromatic carbocycles. The molecule has 3 heteroatoms. The molecule has 0 rings (SSSR count). The maximum atomic E-state index is 10.8. The van der Waals surface area contributed by atoms with Crippen molar-refractivity contribution >= 4 is 11.7 Å². The Labute approximate surface area is 60.6 Å². The Hall–Kier alpha value is -0.860. The average molecular weight is 143 g/mol. The van der Waals surface area contributed by atoms with E-state index in [1.807, 2.05) is 13.8 Å². The summed E-state index contributed by atoms with van der Waals surface area (Å²) in [6.45, 7) is 3.74. The molecule has 10 heavy (non-hydrogen) atoms. The molecular weight excluding hydrogens is 130 g/mol. The maximum absolute atomic E-state index is 10.8. The third-order valence-corrected chi connectivity index (χ3v) is 1.60. The van der Waals surface area contributed by atoms with Crippen LogP contribution in [0.3, 0.4) is 0 Å². The van der Waals surface area contributed by atoms with Crippen molar-refractivity contribution in [2.45, 2.75) is 26.7 Å². The van der Waals surface area contributed by atoms with Crippen molar-refractivity contribution in [3.05, 3.63) is 0 Å². The summed E-state index contributed by atoms with van der Waals surface area (Å²) in [7, 11) is 0. The van der Waals surface area contributed by atoms with Gasteiger partial charge in [-0.3, -0.25) is 9.59 Å². The van der Waals surface area contributed by atoms with Crippen molar-refractivity contribution in [3.63, 3.8) is 0 Å². The standard InChI is InChI=1S/C7H13NO2/c1-3-5(4-2)6(9)7(8)10/h5H,3-4H2,1-2H3,(H2,8,10). The van der Waals surface area contributed by atoms with Gasteiger partial charge in [-0.1, -0.05) is 13.8 Å². The highest BCUT2D eigenvalue weighted by molar-refractivity contribution is 6.36. The molecule has 0 aromatic heterocycles. The molecule has 0 saturated heterocycles. The molecule has 0 atom stereocenters. The molecule has 58 valence electrons. The number of amides is 1. The van der Waals surface area contributed by atoms with E-state index in [0.717, 1.165) is 0 Å². The molecule has 0 fully saturated rings. The molecule has 0 aliphatic heterocycles. The van der Waals surface area contributed by atoms with Crippen molar-refractivity contribution in [3.8, 4) is 0 Å². The molecule has 0 aliphatic rings. The van der Waals surface area contributed by atoms with Crippen molar-refractivity contribution in [1.29, 1.82) is 0 Å². The third kappa shape index (κ3) is 2.17. The second kappa shape index (κ2) is 4.04. The van der Waals surface area contributed by atoms with E-state index in [2.05, 4.69) is 0 Å². The number of carbonyl (C=O) groups is 2. The Morgan fingerprint density at radius 2 is 1.70 bits per heavy atom. The van der Waals surface area contributed by atoms with Gasteiger partial charge in [0.15, 0.2) is 0 Å². The molecule has 0 heterocycles. The summed E-state index contributed by atoms with van der Waals surface area (Å²) < 4.78 is 0. The maximum Gasteiger partial charge on any atom is 0.285 e. The lowest BCUT2D eigenvalue weighted by Gasteiger charge is -2.06. The van der Waals surface area contributed by atoms with Gasteiger partial charge in [-0.2, -0.15) is 0 Å². The minimum absolute atomic E-state index is 0.169. The molecule has 0 unspecified atom stereocenters.